The maximum Gasteiger partial charge on any atom is 0.247 e. The molecule has 1 aliphatic rings. The lowest BCUT2D eigenvalue weighted by Crippen LogP contribution is -2.06. The molecule has 0 atom stereocenters. The van der Waals surface area contributed by atoms with Crippen LogP contribution in [0.15, 0.2) is 18.7 Å². The van der Waals surface area contributed by atoms with Crippen LogP contribution >= 0.6 is 0 Å². The minimum atomic E-state index is 0.553. The molecule has 0 spiro atoms. The topological polar surface area (TPSA) is 65.4 Å². The molecule has 2 aromatic heterocycles. The Bertz CT molecular complexity index is 555. The lowest BCUT2D eigenvalue weighted by atomic mass is 10.2. The van der Waals surface area contributed by atoms with Crippen LogP contribution in [0.5, 0.6) is 5.88 Å². The van der Waals surface area contributed by atoms with Crippen molar-refractivity contribution >= 4 is 11.2 Å². The molecule has 1 aliphatic heterocycles. The highest BCUT2D eigenvalue weighted by molar-refractivity contribution is 5.82. The van der Waals surface area contributed by atoms with Gasteiger partial charge in [0.05, 0.1) is 5.70 Å². The Balaban J connectivity index is 2.53. The van der Waals surface area contributed by atoms with Crippen molar-refractivity contribution in [2.24, 2.45) is 5.73 Å². The van der Waals surface area contributed by atoms with E-state index in [0.717, 1.165) is 16.8 Å². The van der Waals surface area contributed by atoms with Gasteiger partial charge in [-0.25, -0.2) is 4.52 Å². The van der Waals surface area contributed by atoms with E-state index in [1.807, 2.05) is 13.0 Å². The largest absolute Gasteiger partial charge is 0.443 e. The highest BCUT2D eigenvalue weighted by Crippen LogP contribution is 2.30. The van der Waals surface area contributed by atoms with Crippen molar-refractivity contribution in [2.75, 3.05) is 0 Å². The third-order valence-corrected chi connectivity index (χ3v) is 2.31. The second-order valence-corrected chi connectivity index (χ2v) is 3.22. The first-order valence-corrected chi connectivity index (χ1v) is 4.23. The van der Waals surface area contributed by atoms with E-state index in [1.54, 1.807) is 4.52 Å². The molecule has 0 saturated carbocycles. The van der Waals surface area contributed by atoms with E-state index in [1.165, 1.54) is 12.6 Å². The molecular weight excluding hydrogens is 180 g/mol. The molecule has 70 valence electrons. The van der Waals surface area contributed by atoms with Gasteiger partial charge in [0.2, 0.25) is 5.88 Å². The van der Waals surface area contributed by atoms with Crippen LogP contribution in [0.4, 0.5) is 0 Å². The van der Waals surface area contributed by atoms with Gasteiger partial charge >= 0.3 is 0 Å². The first kappa shape index (κ1) is 7.37. The molecule has 0 saturated heterocycles. The second kappa shape index (κ2) is 2.25. The number of hydrogen-bond acceptors (Lipinski definition) is 4. The molecule has 0 unspecified atom stereocenters. The molecule has 5 nitrogen and oxygen atoms in total. The maximum absolute atomic E-state index is 5.79. The first-order chi connectivity index (χ1) is 6.77. The average Bonchev–Trinajstić information content (AvgIpc) is 2.53. The highest BCUT2D eigenvalue weighted by Gasteiger charge is 2.18. The van der Waals surface area contributed by atoms with Crippen molar-refractivity contribution < 1.29 is 4.74 Å². The SMILES string of the molecule is Cc1cc2c3c(ncnn13)OC=C2N. The zero-order chi connectivity index (χ0) is 9.71. The monoisotopic (exact) mass is 188 g/mol. The fourth-order valence-electron chi connectivity index (χ4n) is 1.66. The number of ether oxygens (including phenoxy) is 1. The Morgan fingerprint density at radius 1 is 1.50 bits per heavy atom. The van der Waals surface area contributed by atoms with Crippen LogP contribution in [0.2, 0.25) is 0 Å². The van der Waals surface area contributed by atoms with Gasteiger partial charge < -0.3 is 10.5 Å². The lowest BCUT2D eigenvalue weighted by Gasteiger charge is -2.10. The summed E-state index contributed by atoms with van der Waals surface area (Å²) in [6.45, 7) is 1.96. The van der Waals surface area contributed by atoms with Gasteiger partial charge in [-0.3, -0.25) is 0 Å². The van der Waals surface area contributed by atoms with Crippen LogP contribution in [-0.2, 0) is 0 Å². The third kappa shape index (κ3) is 0.736. The molecule has 3 rings (SSSR count). The summed E-state index contributed by atoms with van der Waals surface area (Å²) in [6, 6.07) is 1.97. The van der Waals surface area contributed by atoms with Gasteiger partial charge in [0.15, 0.2) is 0 Å². The Morgan fingerprint density at radius 3 is 3.21 bits per heavy atom. The van der Waals surface area contributed by atoms with Gasteiger partial charge in [-0.15, -0.1) is 0 Å². The maximum atomic E-state index is 5.79. The fraction of sp³-hybridized carbons (Fsp3) is 0.111. The van der Waals surface area contributed by atoms with Gasteiger partial charge in [-0.05, 0) is 13.0 Å². The molecule has 0 amide bonds. The van der Waals surface area contributed by atoms with E-state index in [0.29, 0.717) is 11.6 Å². The normalized spacial score (nSPS) is 13.9. The predicted molar refractivity (Wildman–Crippen MR) is 50.5 cm³/mol. The van der Waals surface area contributed by atoms with Gasteiger partial charge in [0, 0.05) is 11.3 Å². The zero-order valence-corrected chi connectivity index (χ0v) is 7.56. The number of nitrogens with zero attached hydrogens (tertiary/aromatic N) is 3. The predicted octanol–water partition coefficient (Wildman–Crippen LogP) is 0.687. The molecule has 2 N–H and O–H groups in total. The molecule has 0 aliphatic carbocycles. The van der Waals surface area contributed by atoms with Crippen LogP contribution in [-0.4, -0.2) is 14.6 Å². The number of nitrogens with two attached hydrogens (primary N) is 1. The second-order valence-electron chi connectivity index (χ2n) is 3.22. The van der Waals surface area contributed by atoms with Crippen LogP contribution in [0, 0.1) is 6.92 Å². The number of aryl methyl sites for hydroxylation is 1. The summed E-state index contributed by atoms with van der Waals surface area (Å²) in [5.74, 6) is 0.553. The van der Waals surface area contributed by atoms with Crippen molar-refractivity contribution in [1.29, 1.82) is 0 Å². The minimum Gasteiger partial charge on any atom is -0.443 e. The van der Waals surface area contributed by atoms with E-state index in [9.17, 15) is 0 Å². The third-order valence-electron chi connectivity index (χ3n) is 2.31. The average molecular weight is 188 g/mol. The summed E-state index contributed by atoms with van der Waals surface area (Å²) in [5, 5.41) is 4.12. The Morgan fingerprint density at radius 2 is 2.36 bits per heavy atom. The van der Waals surface area contributed by atoms with Gasteiger partial charge in [0.1, 0.15) is 18.1 Å². The van der Waals surface area contributed by atoms with Gasteiger partial charge in [-0.2, -0.15) is 10.1 Å². The molecule has 14 heavy (non-hydrogen) atoms. The first-order valence-electron chi connectivity index (χ1n) is 4.23. The summed E-state index contributed by atoms with van der Waals surface area (Å²) in [7, 11) is 0. The van der Waals surface area contributed by atoms with Crippen molar-refractivity contribution in [3.05, 3.63) is 29.9 Å². The van der Waals surface area contributed by atoms with E-state index >= 15 is 0 Å². The van der Waals surface area contributed by atoms with Crippen LogP contribution < -0.4 is 10.5 Å². The summed E-state index contributed by atoms with van der Waals surface area (Å²) in [6.07, 6.45) is 2.97. The quantitative estimate of drug-likeness (QED) is 0.660. The Labute approximate surface area is 79.8 Å². The van der Waals surface area contributed by atoms with Crippen molar-refractivity contribution in [1.82, 2.24) is 14.6 Å². The van der Waals surface area contributed by atoms with E-state index in [2.05, 4.69) is 10.1 Å². The molecule has 2 aromatic rings. The summed E-state index contributed by atoms with van der Waals surface area (Å²) >= 11 is 0. The molecule has 0 radical (unpaired) electrons. The standard InChI is InChI=1S/C9H8N4O/c1-5-2-6-7(10)3-14-9-8(6)13(5)12-4-11-9/h2-4H,10H2,1H3. The summed E-state index contributed by atoms with van der Waals surface area (Å²) < 4.78 is 7.04. The van der Waals surface area contributed by atoms with Crippen molar-refractivity contribution in [3.63, 3.8) is 0 Å². The zero-order valence-electron chi connectivity index (χ0n) is 7.56. The Kier molecular flexibility index (Phi) is 1.19. The molecule has 0 fully saturated rings. The summed E-state index contributed by atoms with van der Waals surface area (Å²) in [4.78, 5) is 4.03. The fourth-order valence-corrected chi connectivity index (χ4v) is 1.66. The van der Waals surface area contributed by atoms with Crippen LogP contribution in [0.3, 0.4) is 0 Å². The van der Waals surface area contributed by atoms with E-state index in [4.69, 9.17) is 10.5 Å². The van der Waals surface area contributed by atoms with Gasteiger partial charge in [-0.1, -0.05) is 0 Å². The number of aromatic nitrogens is 3. The lowest BCUT2D eigenvalue weighted by molar-refractivity contribution is 0.459. The summed E-state index contributed by atoms with van der Waals surface area (Å²) in [5.41, 5.74) is 9.18. The van der Waals surface area contributed by atoms with Crippen molar-refractivity contribution in [3.8, 4) is 5.88 Å². The number of rotatable bonds is 0. The Hall–Kier alpha value is -2.04. The van der Waals surface area contributed by atoms with Crippen LogP contribution in [0.1, 0.15) is 11.3 Å². The smallest absolute Gasteiger partial charge is 0.247 e. The molecule has 3 heterocycles. The molecule has 0 bridgehead atoms. The highest BCUT2D eigenvalue weighted by atomic mass is 16.5. The van der Waals surface area contributed by atoms with Crippen molar-refractivity contribution in [2.45, 2.75) is 6.92 Å². The molecular formula is C9H8N4O. The molecule has 5 heteroatoms. The molecule has 0 aromatic carbocycles. The van der Waals surface area contributed by atoms with Crippen LogP contribution in [0.25, 0.3) is 11.2 Å². The van der Waals surface area contributed by atoms with E-state index in [-0.39, 0.29) is 0 Å². The minimum absolute atomic E-state index is 0.553. The van der Waals surface area contributed by atoms with Gasteiger partial charge in [0.25, 0.3) is 0 Å². The van der Waals surface area contributed by atoms with E-state index < -0.39 is 0 Å². The number of hydrogen-bond donors (Lipinski definition) is 1.